The van der Waals surface area contributed by atoms with E-state index >= 15 is 0 Å². The number of rotatable bonds is 3. The maximum atomic E-state index is 12.7. The van der Waals surface area contributed by atoms with Crippen LogP contribution in [0.2, 0.25) is 0 Å². The van der Waals surface area contributed by atoms with Crippen molar-refractivity contribution in [2.45, 2.75) is 26.3 Å². The number of fused-ring (bicyclic) bond motifs is 2. The zero-order valence-corrected chi connectivity index (χ0v) is 15.0. The van der Waals surface area contributed by atoms with Crippen LogP contribution in [0.3, 0.4) is 0 Å². The van der Waals surface area contributed by atoms with Gasteiger partial charge in [-0.2, -0.15) is 0 Å². The summed E-state index contributed by atoms with van der Waals surface area (Å²) in [5.74, 6) is 0.178. The zero-order chi connectivity index (χ0) is 16.0. The summed E-state index contributed by atoms with van der Waals surface area (Å²) in [5, 5.41) is 4.93. The zero-order valence-electron chi connectivity index (χ0n) is 14.1. The molecule has 2 N–H and O–H groups in total. The van der Waals surface area contributed by atoms with E-state index in [2.05, 4.69) is 40.8 Å². The Morgan fingerprint density at radius 2 is 2.08 bits per heavy atom. The SMILES string of the molecule is CCN(CC)C(=O)C1C=C2c3cccc4[nH]cc(c34)C[C@H]2NC1.Cl. The Hall–Kier alpha value is -1.78. The van der Waals surface area contributed by atoms with Gasteiger partial charge in [0.25, 0.3) is 0 Å². The van der Waals surface area contributed by atoms with Gasteiger partial charge in [-0.05, 0) is 43.0 Å². The molecular formula is C19H24ClN3O. The molecule has 0 radical (unpaired) electrons. The van der Waals surface area contributed by atoms with Crippen molar-refractivity contribution in [3.05, 3.63) is 41.6 Å². The van der Waals surface area contributed by atoms with Gasteiger partial charge in [0.1, 0.15) is 0 Å². The highest BCUT2D eigenvalue weighted by molar-refractivity contribution is 5.99. The quantitative estimate of drug-likeness (QED) is 0.898. The summed E-state index contributed by atoms with van der Waals surface area (Å²) in [6, 6.07) is 6.73. The third-order valence-corrected chi connectivity index (χ3v) is 5.26. The van der Waals surface area contributed by atoms with Crippen LogP contribution in [0.1, 0.15) is 25.0 Å². The smallest absolute Gasteiger partial charge is 0.230 e. The Kier molecular flexibility index (Phi) is 4.70. The summed E-state index contributed by atoms with van der Waals surface area (Å²) < 4.78 is 0. The lowest BCUT2D eigenvalue weighted by Gasteiger charge is -2.34. The first kappa shape index (κ1) is 17.1. The highest BCUT2D eigenvalue weighted by Gasteiger charge is 2.33. The number of carbonyl (C=O) groups excluding carboxylic acids is 1. The number of nitrogens with one attached hydrogen (secondary N) is 2. The van der Waals surface area contributed by atoms with Crippen LogP contribution in [0.25, 0.3) is 16.5 Å². The molecule has 1 aliphatic heterocycles. The van der Waals surface area contributed by atoms with Gasteiger partial charge in [0.15, 0.2) is 0 Å². The van der Waals surface area contributed by atoms with E-state index in [1.807, 2.05) is 18.7 Å². The van der Waals surface area contributed by atoms with Crippen LogP contribution >= 0.6 is 12.4 Å². The molecule has 1 unspecified atom stereocenters. The Bertz CT molecular complexity index is 791. The van der Waals surface area contributed by atoms with E-state index in [0.717, 1.165) is 26.1 Å². The molecule has 4 rings (SSSR count). The lowest BCUT2D eigenvalue weighted by atomic mass is 9.80. The second kappa shape index (κ2) is 6.61. The maximum absolute atomic E-state index is 12.7. The number of hydrogen-bond acceptors (Lipinski definition) is 2. The molecule has 1 aromatic heterocycles. The second-order valence-corrected chi connectivity index (χ2v) is 6.45. The summed E-state index contributed by atoms with van der Waals surface area (Å²) in [6.45, 7) is 6.37. The number of amides is 1. The fourth-order valence-corrected chi connectivity index (χ4v) is 4.04. The van der Waals surface area contributed by atoms with Crippen molar-refractivity contribution in [3.8, 4) is 0 Å². The Morgan fingerprint density at radius 3 is 2.83 bits per heavy atom. The first-order valence-electron chi connectivity index (χ1n) is 8.56. The molecule has 2 atom stereocenters. The number of aromatic nitrogens is 1. The number of aromatic amines is 1. The summed E-state index contributed by atoms with van der Waals surface area (Å²) in [4.78, 5) is 18.0. The van der Waals surface area contributed by atoms with Crippen LogP contribution in [-0.4, -0.2) is 41.5 Å². The second-order valence-electron chi connectivity index (χ2n) is 6.45. The van der Waals surface area contributed by atoms with Crippen molar-refractivity contribution in [3.63, 3.8) is 0 Å². The van der Waals surface area contributed by atoms with E-state index in [4.69, 9.17) is 0 Å². The van der Waals surface area contributed by atoms with Gasteiger partial charge in [0.2, 0.25) is 5.91 Å². The molecule has 5 heteroatoms. The van der Waals surface area contributed by atoms with Crippen LogP contribution in [0, 0.1) is 5.92 Å². The summed E-state index contributed by atoms with van der Waals surface area (Å²) >= 11 is 0. The maximum Gasteiger partial charge on any atom is 0.230 e. The highest BCUT2D eigenvalue weighted by Crippen LogP contribution is 2.38. The van der Waals surface area contributed by atoms with Crippen LogP contribution < -0.4 is 5.32 Å². The average Bonchev–Trinajstić information content (AvgIpc) is 3.00. The molecule has 24 heavy (non-hydrogen) atoms. The number of halogens is 1. The number of H-pyrrole nitrogens is 1. The fraction of sp³-hybridized carbons (Fsp3) is 0.421. The molecule has 4 nitrogen and oxygen atoms in total. The molecule has 2 heterocycles. The van der Waals surface area contributed by atoms with E-state index < -0.39 is 0 Å². The summed E-state index contributed by atoms with van der Waals surface area (Å²) in [6.07, 6.45) is 5.33. The number of hydrogen-bond donors (Lipinski definition) is 2. The largest absolute Gasteiger partial charge is 0.361 e. The lowest BCUT2D eigenvalue weighted by molar-refractivity contribution is -0.133. The molecule has 1 aromatic carbocycles. The highest BCUT2D eigenvalue weighted by atomic mass is 35.5. The summed E-state index contributed by atoms with van der Waals surface area (Å²) in [7, 11) is 0. The van der Waals surface area contributed by atoms with Crippen molar-refractivity contribution in [2.24, 2.45) is 5.92 Å². The van der Waals surface area contributed by atoms with Gasteiger partial charge in [-0.1, -0.05) is 18.2 Å². The molecule has 1 aliphatic carbocycles. The summed E-state index contributed by atoms with van der Waals surface area (Å²) in [5.41, 5.74) is 5.13. The van der Waals surface area contributed by atoms with Gasteiger partial charge in [-0.15, -0.1) is 12.4 Å². The molecule has 0 bridgehead atoms. The number of carbonyl (C=O) groups is 1. The van der Waals surface area contributed by atoms with Gasteiger partial charge in [-0.3, -0.25) is 4.79 Å². The first-order chi connectivity index (χ1) is 11.2. The standard InChI is InChI=1S/C19H23N3O.ClH/c1-3-22(4-2)19(23)13-8-15-14-6-5-7-16-18(14)12(10-20-16)9-17(15)21-11-13;/h5-8,10,13,17,20-21H,3-4,9,11H2,1-2H3;1H/t13?,17-;/m1./s1. The van der Waals surface area contributed by atoms with Crippen LogP contribution in [0.4, 0.5) is 0 Å². The minimum atomic E-state index is -0.0584. The van der Waals surface area contributed by atoms with Crippen molar-refractivity contribution in [1.82, 2.24) is 15.2 Å². The Labute approximate surface area is 148 Å². The molecule has 2 aliphatic rings. The van der Waals surface area contributed by atoms with Crippen molar-refractivity contribution in [2.75, 3.05) is 19.6 Å². The predicted octanol–water partition coefficient (Wildman–Crippen LogP) is 2.99. The number of nitrogens with zero attached hydrogens (tertiary/aromatic N) is 1. The molecule has 0 spiro atoms. The van der Waals surface area contributed by atoms with Gasteiger partial charge < -0.3 is 15.2 Å². The van der Waals surface area contributed by atoms with Gasteiger partial charge in [0, 0.05) is 42.8 Å². The van der Waals surface area contributed by atoms with E-state index in [-0.39, 0.29) is 24.2 Å². The van der Waals surface area contributed by atoms with E-state index in [1.165, 1.54) is 27.6 Å². The molecular weight excluding hydrogens is 322 g/mol. The number of benzene rings is 1. The molecule has 1 amide bonds. The fourth-order valence-electron chi connectivity index (χ4n) is 4.04. The van der Waals surface area contributed by atoms with Gasteiger partial charge in [0.05, 0.1) is 5.92 Å². The molecule has 128 valence electrons. The predicted molar refractivity (Wildman–Crippen MR) is 100 cm³/mol. The Morgan fingerprint density at radius 1 is 1.29 bits per heavy atom. The van der Waals surface area contributed by atoms with Crippen LogP contribution in [0.5, 0.6) is 0 Å². The Balaban J connectivity index is 0.00000169. The van der Waals surface area contributed by atoms with Gasteiger partial charge in [-0.25, -0.2) is 0 Å². The van der Waals surface area contributed by atoms with Crippen LogP contribution in [-0.2, 0) is 11.2 Å². The van der Waals surface area contributed by atoms with Crippen LogP contribution in [0.15, 0.2) is 30.5 Å². The average molecular weight is 346 g/mol. The molecule has 2 aromatic rings. The third-order valence-electron chi connectivity index (χ3n) is 5.26. The molecule has 0 saturated heterocycles. The minimum Gasteiger partial charge on any atom is -0.361 e. The van der Waals surface area contributed by atoms with E-state index in [0.29, 0.717) is 6.04 Å². The van der Waals surface area contributed by atoms with E-state index in [1.54, 1.807) is 0 Å². The normalized spacial score (nSPS) is 21.7. The van der Waals surface area contributed by atoms with Gasteiger partial charge >= 0.3 is 0 Å². The molecule has 0 fully saturated rings. The topological polar surface area (TPSA) is 48.1 Å². The van der Waals surface area contributed by atoms with Crippen molar-refractivity contribution < 1.29 is 4.79 Å². The van der Waals surface area contributed by atoms with Crippen molar-refractivity contribution in [1.29, 1.82) is 0 Å². The van der Waals surface area contributed by atoms with Crippen molar-refractivity contribution >= 4 is 34.8 Å². The monoisotopic (exact) mass is 345 g/mol. The first-order valence-corrected chi connectivity index (χ1v) is 8.56. The minimum absolute atomic E-state index is 0. The molecule has 0 saturated carbocycles. The third kappa shape index (κ3) is 2.54. The van der Waals surface area contributed by atoms with E-state index in [9.17, 15) is 4.79 Å². The lowest BCUT2D eigenvalue weighted by Crippen LogP contribution is -2.46.